The van der Waals surface area contributed by atoms with Crippen LogP contribution in [-0.2, 0) is 0 Å². The molecule has 0 N–H and O–H groups in total. The van der Waals surface area contributed by atoms with Gasteiger partial charge in [0.2, 0.25) is 0 Å². The van der Waals surface area contributed by atoms with Gasteiger partial charge in [-0.25, -0.2) is 8.78 Å². The summed E-state index contributed by atoms with van der Waals surface area (Å²) in [7, 11) is 0. The molecule has 1 unspecified atom stereocenters. The highest BCUT2D eigenvalue weighted by Crippen LogP contribution is 2.38. The van der Waals surface area contributed by atoms with E-state index in [1.165, 1.54) is 47.7 Å². The normalized spacial score (nSPS) is 16.7. The van der Waals surface area contributed by atoms with Crippen LogP contribution in [0.25, 0.3) is 11.1 Å². The van der Waals surface area contributed by atoms with Crippen molar-refractivity contribution in [3.8, 4) is 16.9 Å². The average molecular weight is 423 g/mol. The number of aliphatic imine (C=N–C) groups is 1. The number of benzene rings is 2. The molecule has 3 aromatic rings. The molecular weight excluding hydrogens is 409 g/mol. The summed E-state index contributed by atoms with van der Waals surface area (Å²) < 4.78 is 69.3. The summed E-state index contributed by atoms with van der Waals surface area (Å²) in [5.74, 6) is -1.57. The third kappa shape index (κ3) is 4.32. The highest BCUT2D eigenvalue weighted by Gasteiger charge is 2.31. The third-order valence-electron chi connectivity index (χ3n) is 4.57. The number of thiophene rings is 1. The van der Waals surface area contributed by atoms with Gasteiger partial charge in [-0.2, -0.15) is 0 Å². The fraction of sp³-hybridized carbons (Fsp3) is 0.190. The molecule has 2 heterocycles. The number of ether oxygens (including phenoxy) is 1. The standard InChI is InChI=1S/C21H14F5NOS/c22-15-5-2-6-16(23)20(15)18-8-7-17(27-18)19-10-13(11-29-19)12-3-1-4-14(9-12)28-21(24,25)26/h1-6,9-11,17H,7-8H2. The molecule has 0 fully saturated rings. The van der Waals surface area contributed by atoms with E-state index in [4.69, 9.17) is 0 Å². The predicted octanol–water partition coefficient (Wildman–Crippen LogP) is 6.92. The Labute approximate surface area is 167 Å². The minimum atomic E-state index is -4.75. The van der Waals surface area contributed by atoms with Crippen LogP contribution in [-0.4, -0.2) is 12.1 Å². The zero-order valence-electron chi connectivity index (χ0n) is 14.8. The second-order valence-corrected chi connectivity index (χ2v) is 7.48. The first-order valence-corrected chi connectivity index (χ1v) is 9.64. The van der Waals surface area contributed by atoms with Gasteiger partial charge in [0.15, 0.2) is 0 Å². The molecule has 1 aromatic heterocycles. The number of hydrogen-bond donors (Lipinski definition) is 0. The van der Waals surface area contributed by atoms with Crippen molar-refractivity contribution in [2.75, 3.05) is 0 Å². The Hall–Kier alpha value is -2.74. The summed E-state index contributed by atoms with van der Waals surface area (Å²) >= 11 is 1.41. The SMILES string of the molecule is Fc1cccc(F)c1C1=NC(c2cc(-c3cccc(OC(F)(F)F)c3)cs2)CC1. The van der Waals surface area contributed by atoms with Gasteiger partial charge in [-0.3, -0.25) is 4.99 Å². The third-order valence-corrected chi connectivity index (χ3v) is 5.60. The van der Waals surface area contributed by atoms with Crippen LogP contribution in [0.15, 0.2) is 58.9 Å². The Morgan fingerprint density at radius 2 is 1.69 bits per heavy atom. The molecule has 150 valence electrons. The largest absolute Gasteiger partial charge is 0.573 e. The van der Waals surface area contributed by atoms with Crippen molar-refractivity contribution in [1.82, 2.24) is 0 Å². The molecule has 0 amide bonds. The monoisotopic (exact) mass is 423 g/mol. The summed E-state index contributed by atoms with van der Waals surface area (Å²) in [5, 5.41) is 1.82. The molecule has 1 atom stereocenters. The first-order valence-electron chi connectivity index (χ1n) is 8.76. The zero-order valence-corrected chi connectivity index (χ0v) is 15.7. The van der Waals surface area contributed by atoms with Crippen LogP contribution < -0.4 is 4.74 Å². The minimum Gasteiger partial charge on any atom is -0.406 e. The van der Waals surface area contributed by atoms with E-state index in [9.17, 15) is 22.0 Å². The fourth-order valence-corrected chi connectivity index (χ4v) is 4.30. The maximum Gasteiger partial charge on any atom is 0.573 e. The van der Waals surface area contributed by atoms with Crippen LogP contribution in [0, 0.1) is 11.6 Å². The van der Waals surface area contributed by atoms with Crippen molar-refractivity contribution >= 4 is 17.0 Å². The van der Waals surface area contributed by atoms with Crippen molar-refractivity contribution in [1.29, 1.82) is 0 Å². The highest BCUT2D eigenvalue weighted by molar-refractivity contribution is 7.10. The summed E-state index contributed by atoms with van der Waals surface area (Å²) in [4.78, 5) is 5.38. The van der Waals surface area contributed by atoms with E-state index in [1.807, 2.05) is 11.4 Å². The molecule has 0 saturated carbocycles. The molecule has 4 rings (SSSR count). The van der Waals surface area contributed by atoms with Crippen LogP contribution in [0.2, 0.25) is 0 Å². The summed E-state index contributed by atoms with van der Waals surface area (Å²) in [6, 6.07) is 11.0. The van der Waals surface area contributed by atoms with E-state index in [0.717, 1.165) is 10.4 Å². The number of rotatable bonds is 4. The molecule has 0 saturated heterocycles. The lowest BCUT2D eigenvalue weighted by Gasteiger charge is -2.09. The Bertz CT molecular complexity index is 1050. The Morgan fingerprint density at radius 3 is 2.41 bits per heavy atom. The van der Waals surface area contributed by atoms with Gasteiger partial charge in [0.05, 0.1) is 11.6 Å². The smallest absolute Gasteiger partial charge is 0.406 e. The van der Waals surface area contributed by atoms with E-state index in [-0.39, 0.29) is 17.4 Å². The van der Waals surface area contributed by atoms with Crippen molar-refractivity contribution in [2.24, 2.45) is 4.99 Å². The second-order valence-electron chi connectivity index (χ2n) is 6.54. The lowest BCUT2D eigenvalue weighted by Crippen LogP contribution is -2.17. The molecule has 1 aliphatic heterocycles. The Balaban J connectivity index is 1.58. The topological polar surface area (TPSA) is 21.6 Å². The number of nitrogens with zero attached hydrogens (tertiary/aromatic N) is 1. The number of alkyl halides is 3. The van der Waals surface area contributed by atoms with E-state index in [2.05, 4.69) is 9.73 Å². The molecule has 0 bridgehead atoms. The Morgan fingerprint density at radius 1 is 0.966 bits per heavy atom. The van der Waals surface area contributed by atoms with Gasteiger partial charge in [0, 0.05) is 10.6 Å². The molecular formula is C21H14F5NOS. The van der Waals surface area contributed by atoms with Crippen LogP contribution in [0.3, 0.4) is 0 Å². The summed E-state index contributed by atoms with van der Waals surface area (Å²) in [6.45, 7) is 0. The molecule has 0 spiro atoms. The summed E-state index contributed by atoms with van der Waals surface area (Å²) in [5.41, 5.74) is 1.61. The van der Waals surface area contributed by atoms with Crippen molar-refractivity contribution < 1.29 is 26.7 Å². The maximum absolute atomic E-state index is 14.0. The number of halogens is 5. The first kappa shape index (κ1) is 19.6. The molecule has 0 aliphatic carbocycles. The molecule has 0 radical (unpaired) electrons. The average Bonchev–Trinajstić information content (AvgIpc) is 3.30. The molecule has 2 aromatic carbocycles. The lowest BCUT2D eigenvalue weighted by molar-refractivity contribution is -0.274. The maximum atomic E-state index is 14.0. The van der Waals surface area contributed by atoms with Gasteiger partial charge in [0.1, 0.15) is 17.4 Å². The van der Waals surface area contributed by atoms with E-state index in [0.29, 0.717) is 24.1 Å². The molecule has 8 heteroatoms. The lowest BCUT2D eigenvalue weighted by atomic mass is 10.0. The second kappa shape index (κ2) is 7.59. The minimum absolute atomic E-state index is 0.0937. The van der Waals surface area contributed by atoms with Crippen LogP contribution in [0.4, 0.5) is 22.0 Å². The Kier molecular flexibility index (Phi) is 5.12. The van der Waals surface area contributed by atoms with Crippen molar-refractivity contribution in [2.45, 2.75) is 25.2 Å². The summed E-state index contributed by atoms with van der Waals surface area (Å²) in [6.07, 6.45) is -3.69. The first-order chi connectivity index (χ1) is 13.8. The fourth-order valence-electron chi connectivity index (χ4n) is 3.31. The van der Waals surface area contributed by atoms with E-state index >= 15 is 0 Å². The van der Waals surface area contributed by atoms with Gasteiger partial charge in [0.25, 0.3) is 0 Å². The predicted molar refractivity (Wildman–Crippen MR) is 101 cm³/mol. The van der Waals surface area contributed by atoms with Crippen LogP contribution in [0.5, 0.6) is 5.75 Å². The van der Waals surface area contributed by atoms with Crippen molar-refractivity contribution in [3.05, 3.63) is 76.0 Å². The van der Waals surface area contributed by atoms with Gasteiger partial charge < -0.3 is 4.74 Å². The van der Waals surface area contributed by atoms with E-state index < -0.39 is 18.0 Å². The molecule has 2 nitrogen and oxygen atoms in total. The van der Waals surface area contributed by atoms with Gasteiger partial charge in [-0.05, 0) is 59.7 Å². The molecule has 1 aliphatic rings. The number of hydrogen-bond acceptors (Lipinski definition) is 3. The van der Waals surface area contributed by atoms with Crippen LogP contribution in [0.1, 0.15) is 29.3 Å². The zero-order chi connectivity index (χ0) is 20.6. The molecule has 29 heavy (non-hydrogen) atoms. The van der Waals surface area contributed by atoms with Gasteiger partial charge >= 0.3 is 6.36 Å². The van der Waals surface area contributed by atoms with Gasteiger partial charge in [-0.15, -0.1) is 24.5 Å². The highest BCUT2D eigenvalue weighted by atomic mass is 32.1. The van der Waals surface area contributed by atoms with Crippen LogP contribution >= 0.6 is 11.3 Å². The van der Waals surface area contributed by atoms with Crippen molar-refractivity contribution in [3.63, 3.8) is 0 Å². The van der Waals surface area contributed by atoms with Gasteiger partial charge in [-0.1, -0.05) is 18.2 Å². The quantitative estimate of drug-likeness (QED) is 0.418. The van der Waals surface area contributed by atoms with E-state index in [1.54, 1.807) is 6.07 Å².